The van der Waals surface area contributed by atoms with Crippen molar-refractivity contribution in [2.24, 2.45) is 0 Å². The highest BCUT2D eigenvalue weighted by molar-refractivity contribution is 5.69. The standard InChI is InChI=1S/C20H24FN/c1-3-4-14-22-15-13-16(2)17-5-7-18(8-6-17)19-9-11-20(21)12-10-19/h5-13,22H,3-4,14-15H2,1-2H3. The van der Waals surface area contributed by atoms with Crippen LogP contribution < -0.4 is 5.32 Å². The quantitative estimate of drug-likeness (QED) is 0.685. The maximum Gasteiger partial charge on any atom is 0.123 e. The highest BCUT2D eigenvalue weighted by Crippen LogP contribution is 2.22. The summed E-state index contributed by atoms with van der Waals surface area (Å²) in [6.45, 7) is 6.31. The van der Waals surface area contributed by atoms with E-state index in [0.29, 0.717) is 0 Å². The van der Waals surface area contributed by atoms with E-state index in [1.165, 1.54) is 36.1 Å². The summed E-state index contributed by atoms with van der Waals surface area (Å²) in [5.41, 5.74) is 4.64. The maximum absolute atomic E-state index is 13.0. The third kappa shape index (κ3) is 4.81. The molecule has 0 aliphatic heterocycles. The summed E-state index contributed by atoms with van der Waals surface area (Å²) >= 11 is 0. The normalized spacial score (nSPS) is 11.7. The Labute approximate surface area is 132 Å². The molecule has 0 aliphatic carbocycles. The number of rotatable bonds is 7. The van der Waals surface area contributed by atoms with Crippen LogP contribution in [0.3, 0.4) is 0 Å². The number of hydrogen-bond acceptors (Lipinski definition) is 1. The van der Waals surface area contributed by atoms with Crippen molar-refractivity contribution >= 4 is 5.57 Å². The summed E-state index contributed by atoms with van der Waals surface area (Å²) in [6, 6.07) is 15.0. The number of unbranched alkanes of at least 4 members (excludes halogenated alkanes) is 1. The lowest BCUT2D eigenvalue weighted by Gasteiger charge is -2.06. The molecule has 22 heavy (non-hydrogen) atoms. The third-order valence-corrected chi connectivity index (χ3v) is 3.78. The van der Waals surface area contributed by atoms with Gasteiger partial charge >= 0.3 is 0 Å². The monoisotopic (exact) mass is 297 g/mol. The van der Waals surface area contributed by atoms with Crippen molar-refractivity contribution in [1.82, 2.24) is 5.32 Å². The summed E-state index contributed by atoms with van der Waals surface area (Å²) in [7, 11) is 0. The first kappa shape index (κ1) is 16.4. The molecule has 0 atom stereocenters. The molecule has 0 spiro atoms. The molecule has 116 valence electrons. The van der Waals surface area contributed by atoms with Crippen molar-refractivity contribution in [3.05, 3.63) is 66.0 Å². The van der Waals surface area contributed by atoms with E-state index in [4.69, 9.17) is 0 Å². The number of allylic oxidation sites excluding steroid dienone is 1. The van der Waals surface area contributed by atoms with Gasteiger partial charge in [0.1, 0.15) is 5.82 Å². The number of nitrogens with one attached hydrogen (secondary N) is 1. The Hall–Kier alpha value is -1.93. The zero-order valence-electron chi connectivity index (χ0n) is 13.4. The largest absolute Gasteiger partial charge is 0.313 e. The second kappa shape index (κ2) is 8.50. The first-order valence-electron chi connectivity index (χ1n) is 7.94. The Morgan fingerprint density at radius 1 is 1.00 bits per heavy atom. The fraction of sp³-hybridized carbons (Fsp3) is 0.300. The molecule has 0 aliphatic rings. The molecule has 2 heteroatoms. The molecule has 2 aromatic carbocycles. The topological polar surface area (TPSA) is 12.0 Å². The van der Waals surface area contributed by atoms with Crippen LogP contribution in [0.25, 0.3) is 16.7 Å². The van der Waals surface area contributed by atoms with Gasteiger partial charge in [0.05, 0.1) is 0 Å². The molecule has 0 radical (unpaired) electrons. The molecular formula is C20H24FN. The van der Waals surface area contributed by atoms with Crippen molar-refractivity contribution in [2.75, 3.05) is 13.1 Å². The average Bonchev–Trinajstić information content (AvgIpc) is 2.55. The zero-order chi connectivity index (χ0) is 15.8. The maximum atomic E-state index is 13.0. The summed E-state index contributed by atoms with van der Waals surface area (Å²) in [5, 5.41) is 3.42. The molecule has 1 N–H and O–H groups in total. The van der Waals surface area contributed by atoms with Crippen molar-refractivity contribution in [1.29, 1.82) is 0 Å². The fourth-order valence-corrected chi connectivity index (χ4v) is 2.31. The van der Waals surface area contributed by atoms with Gasteiger partial charge in [0, 0.05) is 6.54 Å². The van der Waals surface area contributed by atoms with Crippen molar-refractivity contribution in [3.63, 3.8) is 0 Å². The Kier molecular flexibility index (Phi) is 6.35. The molecule has 2 aromatic rings. The second-order valence-corrected chi connectivity index (χ2v) is 5.53. The molecule has 0 saturated carbocycles. The lowest BCUT2D eigenvalue weighted by Crippen LogP contribution is -2.14. The van der Waals surface area contributed by atoms with E-state index in [-0.39, 0.29) is 5.82 Å². The minimum atomic E-state index is -0.199. The Morgan fingerprint density at radius 3 is 2.18 bits per heavy atom. The van der Waals surface area contributed by atoms with Gasteiger partial charge in [-0.15, -0.1) is 0 Å². The Morgan fingerprint density at radius 2 is 1.59 bits per heavy atom. The van der Waals surface area contributed by atoms with E-state index in [1.807, 2.05) is 12.1 Å². The zero-order valence-corrected chi connectivity index (χ0v) is 13.4. The smallest absolute Gasteiger partial charge is 0.123 e. The number of benzene rings is 2. The van der Waals surface area contributed by atoms with E-state index >= 15 is 0 Å². The molecule has 0 amide bonds. The van der Waals surface area contributed by atoms with Crippen LogP contribution >= 0.6 is 0 Å². The van der Waals surface area contributed by atoms with Crippen LogP contribution in [0.5, 0.6) is 0 Å². The molecule has 0 heterocycles. The molecule has 1 nitrogen and oxygen atoms in total. The fourth-order valence-electron chi connectivity index (χ4n) is 2.31. The van der Waals surface area contributed by atoms with Crippen molar-refractivity contribution < 1.29 is 4.39 Å². The lowest BCUT2D eigenvalue weighted by molar-refractivity contribution is 0.628. The molecular weight excluding hydrogens is 273 g/mol. The highest BCUT2D eigenvalue weighted by Gasteiger charge is 2.00. The van der Waals surface area contributed by atoms with E-state index < -0.39 is 0 Å². The van der Waals surface area contributed by atoms with Gasteiger partial charge in [0.25, 0.3) is 0 Å². The summed E-state index contributed by atoms with van der Waals surface area (Å²) in [6.07, 6.45) is 4.67. The van der Waals surface area contributed by atoms with E-state index in [1.54, 1.807) is 0 Å². The van der Waals surface area contributed by atoms with Crippen LogP contribution in [0, 0.1) is 5.82 Å². The van der Waals surface area contributed by atoms with Gasteiger partial charge < -0.3 is 5.32 Å². The molecule has 0 saturated heterocycles. The Balaban J connectivity index is 1.98. The predicted molar refractivity (Wildman–Crippen MR) is 93.3 cm³/mol. The second-order valence-electron chi connectivity index (χ2n) is 5.53. The molecule has 0 fully saturated rings. The summed E-state index contributed by atoms with van der Waals surface area (Å²) in [4.78, 5) is 0. The average molecular weight is 297 g/mol. The van der Waals surface area contributed by atoms with Crippen molar-refractivity contribution in [2.45, 2.75) is 26.7 Å². The van der Waals surface area contributed by atoms with E-state index in [9.17, 15) is 4.39 Å². The third-order valence-electron chi connectivity index (χ3n) is 3.78. The molecule has 2 rings (SSSR count). The summed E-state index contributed by atoms with van der Waals surface area (Å²) < 4.78 is 13.0. The van der Waals surface area contributed by atoms with Crippen LogP contribution in [-0.2, 0) is 0 Å². The molecule has 0 unspecified atom stereocenters. The van der Waals surface area contributed by atoms with Crippen LogP contribution in [0.2, 0.25) is 0 Å². The number of hydrogen-bond donors (Lipinski definition) is 1. The molecule has 0 bridgehead atoms. The van der Waals surface area contributed by atoms with Gasteiger partial charge in [-0.25, -0.2) is 4.39 Å². The van der Waals surface area contributed by atoms with Crippen molar-refractivity contribution in [3.8, 4) is 11.1 Å². The van der Waals surface area contributed by atoms with Gasteiger partial charge in [-0.3, -0.25) is 0 Å². The van der Waals surface area contributed by atoms with E-state index in [0.717, 1.165) is 24.2 Å². The first-order valence-corrected chi connectivity index (χ1v) is 7.94. The predicted octanol–water partition coefficient (Wildman–Crippen LogP) is 5.29. The van der Waals surface area contributed by atoms with Gasteiger partial charge in [0.15, 0.2) is 0 Å². The van der Waals surface area contributed by atoms with Gasteiger partial charge in [-0.2, -0.15) is 0 Å². The van der Waals surface area contributed by atoms with Gasteiger partial charge in [-0.1, -0.05) is 55.8 Å². The summed E-state index contributed by atoms with van der Waals surface area (Å²) in [5.74, 6) is -0.199. The van der Waals surface area contributed by atoms with E-state index in [2.05, 4.69) is 49.5 Å². The minimum Gasteiger partial charge on any atom is -0.313 e. The van der Waals surface area contributed by atoms with Crippen LogP contribution in [-0.4, -0.2) is 13.1 Å². The molecule has 0 aromatic heterocycles. The highest BCUT2D eigenvalue weighted by atomic mass is 19.1. The van der Waals surface area contributed by atoms with Gasteiger partial charge in [-0.05, 0) is 54.3 Å². The van der Waals surface area contributed by atoms with Crippen LogP contribution in [0.4, 0.5) is 4.39 Å². The first-order chi connectivity index (χ1) is 10.7. The Bertz CT molecular complexity index is 597. The minimum absolute atomic E-state index is 0.199. The van der Waals surface area contributed by atoms with Crippen LogP contribution in [0.1, 0.15) is 32.3 Å². The number of halogens is 1. The van der Waals surface area contributed by atoms with Crippen LogP contribution in [0.15, 0.2) is 54.6 Å². The lowest BCUT2D eigenvalue weighted by atomic mass is 10.0. The van der Waals surface area contributed by atoms with Gasteiger partial charge in [0.2, 0.25) is 0 Å². The SMILES string of the molecule is CCCCNCC=C(C)c1ccc(-c2ccc(F)cc2)cc1.